The number of hydrogen-bond acceptors (Lipinski definition) is 6. The monoisotopic (exact) mass is 395 g/mol. The summed E-state index contributed by atoms with van der Waals surface area (Å²) in [6.45, 7) is 0.272. The van der Waals surface area contributed by atoms with E-state index >= 15 is 0 Å². The molecule has 0 bridgehead atoms. The summed E-state index contributed by atoms with van der Waals surface area (Å²) in [5.74, 6) is 0.194. The highest BCUT2D eigenvalue weighted by Gasteiger charge is 2.26. The molecule has 7 nitrogen and oxygen atoms in total. The van der Waals surface area contributed by atoms with Crippen molar-refractivity contribution in [3.05, 3.63) is 83.8 Å². The molecule has 1 heterocycles. The summed E-state index contributed by atoms with van der Waals surface area (Å²) in [5, 5.41) is 2.80. The third kappa shape index (κ3) is 5.16. The van der Waals surface area contributed by atoms with Crippen LogP contribution in [-0.2, 0) is 16.1 Å². The van der Waals surface area contributed by atoms with Crippen LogP contribution in [-0.4, -0.2) is 26.1 Å². The molecule has 1 N–H and O–H groups in total. The Morgan fingerprint density at radius 1 is 0.931 bits per heavy atom. The van der Waals surface area contributed by atoms with E-state index in [2.05, 4.69) is 5.32 Å². The van der Waals surface area contributed by atoms with E-state index in [1.54, 1.807) is 56.7 Å². The summed E-state index contributed by atoms with van der Waals surface area (Å²) in [4.78, 5) is 25.2. The van der Waals surface area contributed by atoms with Gasteiger partial charge < -0.3 is 23.9 Å². The Hall–Kier alpha value is -3.74. The maximum atomic E-state index is 12.8. The van der Waals surface area contributed by atoms with Crippen molar-refractivity contribution in [1.29, 1.82) is 0 Å². The lowest BCUT2D eigenvalue weighted by molar-refractivity contribution is -0.130. The molecule has 2 aromatic carbocycles. The van der Waals surface area contributed by atoms with Crippen molar-refractivity contribution in [1.82, 2.24) is 5.32 Å². The van der Waals surface area contributed by atoms with Crippen LogP contribution in [0.25, 0.3) is 0 Å². The van der Waals surface area contributed by atoms with Gasteiger partial charge in [-0.1, -0.05) is 24.3 Å². The molecule has 0 radical (unpaired) electrons. The van der Waals surface area contributed by atoms with Crippen LogP contribution in [0.2, 0.25) is 0 Å². The average Bonchev–Trinajstić information content (AvgIpc) is 3.31. The van der Waals surface area contributed by atoms with E-state index in [0.29, 0.717) is 11.3 Å². The highest BCUT2D eigenvalue weighted by atomic mass is 16.6. The third-order valence-corrected chi connectivity index (χ3v) is 4.23. The van der Waals surface area contributed by atoms with Gasteiger partial charge in [0.1, 0.15) is 11.5 Å². The fourth-order valence-corrected chi connectivity index (χ4v) is 2.64. The summed E-state index contributed by atoms with van der Waals surface area (Å²) in [6, 6.07) is 17.1. The number of furan rings is 1. The number of rotatable bonds is 8. The first-order valence-corrected chi connectivity index (χ1v) is 8.90. The zero-order chi connectivity index (χ0) is 20.6. The summed E-state index contributed by atoms with van der Waals surface area (Å²) in [6.07, 6.45) is 0.222. The van der Waals surface area contributed by atoms with Crippen LogP contribution in [0.5, 0.6) is 11.5 Å². The van der Waals surface area contributed by atoms with Crippen LogP contribution >= 0.6 is 0 Å². The molecule has 0 saturated heterocycles. The Bertz CT molecular complexity index is 932. The lowest BCUT2D eigenvalue weighted by Gasteiger charge is -2.18. The second kappa shape index (κ2) is 9.45. The Morgan fingerprint density at radius 2 is 1.55 bits per heavy atom. The van der Waals surface area contributed by atoms with Crippen molar-refractivity contribution in [2.45, 2.75) is 12.6 Å². The topological polar surface area (TPSA) is 87.0 Å². The predicted molar refractivity (Wildman–Crippen MR) is 105 cm³/mol. The molecule has 3 rings (SSSR count). The molecule has 29 heavy (non-hydrogen) atoms. The van der Waals surface area contributed by atoms with Crippen LogP contribution < -0.4 is 14.8 Å². The minimum atomic E-state index is -1.14. The first-order chi connectivity index (χ1) is 14.1. The van der Waals surface area contributed by atoms with E-state index in [1.165, 1.54) is 12.3 Å². The molecule has 0 aliphatic heterocycles. The summed E-state index contributed by atoms with van der Waals surface area (Å²) >= 11 is 0. The molecule has 1 amide bonds. The van der Waals surface area contributed by atoms with Gasteiger partial charge in [0.25, 0.3) is 5.91 Å². The fraction of sp³-hybridized carbons (Fsp3) is 0.182. The first-order valence-electron chi connectivity index (χ1n) is 8.90. The lowest BCUT2D eigenvalue weighted by Crippen LogP contribution is -2.31. The second-order valence-corrected chi connectivity index (χ2v) is 6.10. The smallest absolute Gasteiger partial charge is 0.375 e. The Morgan fingerprint density at radius 3 is 2.10 bits per heavy atom. The maximum Gasteiger partial charge on any atom is 0.375 e. The van der Waals surface area contributed by atoms with Gasteiger partial charge in [0, 0.05) is 12.1 Å². The molecule has 150 valence electrons. The standard InChI is InChI=1S/C22H21NO6/c1-26-17-9-5-15(6-10-17)14-23-21(24)20(16-7-11-18(27-2)12-8-16)29-22(25)19-4-3-13-28-19/h3-13,20H,14H2,1-2H3,(H,23,24). The number of benzene rings is 2. The first kappa shape index (κ1) is 20.0. The normalized spacial score (nSPS) is 11.4. The Balaban J connectivity index is 1.74. The largest absolute Gasteiger partial charge is 0.497 e. The van der Waals surface area contributed by atoms with Gasteiger partial charge in [-0.15, -0.1) is 0 Å². The molecule has 3 aromatic rings. The van der Waals surface area contributed by atoms with Gasteiger partial charge >= 0.3 is 5.97 Å². The predicted octanol–water partition coefficient (Wildman–Crippen LogP) is 3.51. The maximum absolute atomic E-state index is 12.8. The highest BCUT2D eigenvalue weighted by Crippen LogP contribution is 2.23. The van der Waals surface area contributed by atoms with Crippen LogP contribution in [0, 0.1) is 0 Å². The second-order valence-electron chi connectivity index (χ2n) is 6.10. The minimum Gasteiger partial charge on any atom is -0.497 e. The summed E-state index contributed by atoms with van der Waals surface area (Å²) in [7, 11) is 3.13. The summed E-state index contributed by atoms with van der Waals surface area (Å²) in [5.41, 5.74) is 1.39. The van der Waals surface area contributed by atoms with E-state index in [9.17, 15) is 9.59 Å². The van der Waals surface area contributed by atoms with Crippen molar-refractivity contribution in [2.75, 3.05) is 14.2 Å². The third-order valence-electron chi connectivity index (χ3n) is 4.23. The van der Waals surface area contributed by atoms with Gasteiger partial charge in [-0.05, 0) is 42.0 Å². The van der Waals surface area contributed by atoms with E-state index < -0.39 is 18.0 Å². The number of hydrogen-bond donors (Lipinski definition) is 1. The number of carbonyl (C=O) groups is 2. The van der Waals surface area contributed by atoms with E-state index in [4.69, 9.17) is 18.6 Å². The van der Waals surface area contributed by atoms with Crippen molar-refractivity contribution >= 4 is 11.9 Å². The number of nitrogens with one attached hydrogen (secondary N) is 1. The van der Waals surface area contributed by atoms with Crippen LogP contribution in [0.1, 0.15) is 27.8 Å². The van der Waals surface area contributed by atoms with Gasteiger partial charge in [0.05, 0.1) is 20.5 Å². The Labute approximate surface area is 168 Å². The SMILES string of the molecule is COc1ccc(CNC(=O)C(OC(=O)c2ccco2)c2ccc(OC)cc2)cc1. The van der Waals surface area contributed by atoms with Crippen molar-refractivity contribution in [3.63, 3.8) is 0 Å². The highest BCUT2D eigenvalue weighted by molar-refractivity contribution is 5.90. The van der Waals surface area contributed by atoms with Crippen LogP contribution in [0.4, 0.5) is 0 Å². The molecule has 0 spiro atoms. The van der Waals surface area contributed by atoms with Crippen molar-refractivity contribution in [2.24, 2.45) is 0 Å². The van der Waals surface area contributed by atoms with Crippen LogP contribution in [0.15, 0.2) is 71.3 Å². The Kier molecular flexibility index (Phi) is 6.52. The van der Waals surface area contributed by atoms with E-state index in [-0.39, 0.29) is 12.3 Å². The molecule has 7 heteroatoms. The van der Waals surface area contributed by atoms with Crippen molar-refractivity contribution < 1.29 is 28.2 Å². The quantitative estimate of drug-likeness (QED) is 0.588. The number of methoxy groups -OCH3 is 2. The van der Waals surface area contributed by atoms with Gasteiger partial charge in [-0.25, -0.2) is 4.79 Å². The molecule has 0 saturated carbocycles. The molecule has 1 aromatic heterocycles. The molecule has 0 fully saturated rings. The van der Waals surface area contributed by atoms with Gasteiger partial charge in [0.2, 0.25) is 11.9 Å². The zero-order valence-electron chi connectivity index (χ0n) is 16.1. The number of amides is 1. The van der Waals surface area contributed by atoms with E-state index in [1.807, 2.05) is 12.1 Å². The average molecular weight is 395 g/mol. The van der Waals surface area contributed by atoms with Gasteiger partial charge in [-0.3, -0.25) is 4.79 Å². The van der Waals surface area contributed by atoms with E-state index in [0.717, 1.165) is 11.3 Å². The van der Waals surface area contributed by atoms with Gasteiger partial charge in [-0.2, -0.15) is 0 Å². The fourth-order valence-electron chi connectivity index (χ4n) is 2.64. The molecule has 1 atom stereocenters. The minimum absolute atomic E-state index is 0.0199. The molecular formula is C22H21NO6. The number of ether oxygens (including phenoxy) is 3. The molecule has 0 aliphatic carbocycles. The van der Waals surface area contributed by atoms with Crippen LogP contribution in [0.3, 0.4) is 0 Å². The van der Waals surface area contributed by atoms with Gasteiger partial charge in [0.15, 0.2) is 0 Å². The molecule has 1 unspecified atom stereocenters. The number of esters is 1. The summed E-state index contributed by atoms with van der Waals surface area (Å²) < 4.78 is 20.8. The zero-order valence-corrected chi connectivity index (χ0v) is 16.1. The molecule has 0 aliphatic rings. The van der Waals surface area contributed by atoms with Crippen molar-refractivity contribution in [3.8, 4) is 11.5 Å². The molecular weight excluding hydrogens is 374 g/mol. The number of carbonyl (C=O) groups excluding carboxylic acids is 2. The lowest BCUT2D eigenvalue weighted by atomic mass is 10.1.